The molecule has 13 heavy (non-hydrogen) atoms. The third-order valence-electron chi connectivity index (χ3n) is 1.30. The molecule has 1 heterocycles. The van der Waals surface area contributed by atoms with Crippen molar-refractivity contribution in [2.24, 2.45) is 0 Å². The van der Waals surface area contributed by atoms with Gasteiger partial charge in [-0.25, -0.2) is 14.2 Å². The van der Waals surface area contributed by atoms with Crippen LogP contribution in [0.5, 0.6) is 5.75 Å². The predicted octanol–water partition coefficient (Wildman–Crippen LogP) is 1.13. The number of aromatic carboxylic acids is 1. The predicted molar refractivity (Wildman–Crippen MR) is 42.7 cm³/mol. The first kappa shape index (κ1) is 9.44. The first-order valence-corrected chi connectivity index (χ1v) is 3.62. The van der Waals surface area contributed by atoms with Gasteiger partial charge in [0, 0.05) is 0 Å². The molecule has 0 saturated heterocycles. The van der Waals surface area contributed by atoms with Gasteiger partial charge in [-0.2, -0.15) is 0 Å². The Bertz CT molecular complexity index is 286. The molecule has 4 nitrogen and oxygen atoms in total. The Hall–Kier alpha value is -1.65. The topological polar surface area (TPSA) is 59.4 Å². The fourth-order valence-electron chi connectivity index (χ4n) is 0.749. The van der Waals surface area contributed by atoms with E-state index in [1.54, 1.807) is 0 Å². The zero-order valence-corrected chi connectivity index (χ0v) is 6.74. The van der Waals surface area contributed by atoms with Crippen LogP contribution in [0, 0.1) is 0 Å². The molecule has 0 unspecified atom stereocenters. The minimum atomic E-state index is -1.10. The van der Waals surface area contributed by atoms with Gasteiger partial charge in [0.05, 0.1) is 6.20 Å². The number of alkyl halides is 1. The number of carboxylic acid groups (broad SMARTS) is 1. The molecule has 0 aliphatic heterocycles. The lowest BCUT2D eigenvalue weighted by Crippen LogP contribution is -2.02. The third kappa shape index (κ3) is 2.70. The fourth-order valence-corrected chi connectivity index (χ4v) is 0.749. The van der Waals surface area contributed by atoms with Crippen molar-refractivity contribution in [3.63, 3.8) is 0 Å². The first-order chi connectivity index (χ1) is 6.24. The highest BCUT2D eigenvalue weighted by Gasteiger charge is 2.03. The molecule has 70 valence electrons. The molecular weight excluding hydrogens is 177 g/mol. The molecular formula is C8H8FNO3. The lowest BCUT2D eigenvalue weighted by molar-refractivity contribution is 0.0690. The number of halogens is 1. The van der Waals surface area contributed by atoms with Gasteiger partial charge < -0.3 is 9.84 Å². The van der Waals surface area contributed by atoms with Crippen molar-refractivity contribution in [1.82, 2.24) is 4.98 Å². The molecule has 0 aliphatic carbocycles. The van der Waals surface area contributed by atoms with E-state index in [-0.39, 0.29) is 12.3 Å². The van der Waals surface area contributed by atoms with Crippen LogP contribution >= 0.6 is 0 Å². The average molecular weight is 185 g/mol. The lowest BCUT2D eigenvalue weighted by Gasteiger charge is -2.01. The quantitative estimate of drug-likeness (QED) is 0.763. The molecule has 5 heteroatoms. The number of hydrogen-bond donors (Lipinski definition) is 1. The monoisotopic (exact) mass is 185 g/mol. The molecule has 0 atom stereocenters. The van der Waals surface area contributed by atoms with Crippen LogP contribution in [0.3, 0.4) is 0 Å². The number of hydrogen-bond acceptors (Lipinski definition) is 3. The number of carbonyl (C=O) groups is 1. The number of pyridine rings is 1. The van der Waals surface area contributed by atoms with E-state index in [1.807, 2.05) is 0 Å². The minimum absolute atomic E-state index is 0.0475. The molecule has 1 aromatic rings. The highest BCUT2D eigenvalue weighted by molar-refractivity contribution is 5.85. The zero-order chi connectivity index (χ0) is 9.68. The summed E-state index contributed by atoms with van der Waals surface area (Å²) in [5.74, 6) is -0.736. The summed E-state index contributed by atoms with van der Waals surface area (Å²) in [7, 11) is 0. The van der Waals surface area contributed by atoms with Crippen LogP contribution in [0.4, 0.5) is 4.39 Å². The van der Waals surface area contributed by atoms with Gasteiger partial charge in [0.15, 0.2) is 0 Å². The van der Waals surface area contributed by atoms with Crippen molar-refractivity contribution in [2.45, 2.75) is 0 Å². The second-order valence-electron chi connectivity index (χ2n) is 2.22. The molecule has 0 aliphatic rings. The van der Waals surface area contributed by atoms with E-state index in [2.05, 4.69) is 4.98 Å². The van der Waals surface area contributed by atoms with E-state index >= 15 is 0 Å². The third-order valence-corrected chi connectivity index (χ3v) is 1.30. The zero-order valence-electron chi connectivity index (χ0n) is 6.74. The Labute approximate surface area is 74.0 Å². The van der Waals surface area contributed by atoms with Gasteiger partial charge in [0.25, 0.3) is 0 Å². The van der Waals surface area contributed by atoms with E-state index in [4.69, 9.17) is 9.84 Å². The van der Waals surface area contributed by atoms with E-state index in [0.29, 0.717) is 5.75 Å². The lowest BCUT2D eigenvalue weighted by atomic mass is 10.3. The summed E-state index contributed by atoms with van der Waals surface area (Å²) in [6, 6.07) is 2.74. The van der Waals surface area contributed by atoms with Crippen LogP contribution in [0.15, 0.2) is 18.3 Å². The Kier molecular flexibility index (Phi) is 3.19. The van der Waals surface area contributed by atoms with E-state index < -0.39 is 12.6 Å². The highest BCUT2D eigenvalue weighted by Crippen LogP contribution is 2.08. The number of ether oxygens (including phenoxy) is 1. The first-order valence-electron chi connectivity index (χ1n) is 3.62. The number of aromatic nitrogens is 1. The van der Waals surface area contributed by atoms with Crippen LogP contribution in [0.1, 0.15) is 10.5 Å². The van der Waals surface area contributed by atoms with Crippen molar-refractivity contribution >= 4 is 5.97 Å². The van der Waals surface area contributed by atoms with Gasteiger partial charge in [-0.3, -0.25) is 0 Å². The maximum absolute atomic E-state index is 11.6. The highest BCUT2D eigenvalue weighted by atomic mass is 19.1. The summed E-state index contributed by atoms with van der Waals surface area (Å²) in [5.41, 5.74) is -0.0624. The molecule has 1 rings (SSSR count). The second kappa shape index (κ2) is 4.39. The van der Waals surface area contributed by atoms with Gasteiger partial charge in [-0.15, -0.1) is 0 Å². The molecule has 0 aromatic carbocycles. The van der Waals surface area contributed by atoms with Gasteiger partial charge in [-0.1, -0.05) is 0 Å². The normalized spacial score (nSPS) is 9.62. The van der Waals surface area contributed by atoms with Crippen LogP contribution < -0.4 is 4.74 Å². The van der Waals surface area contributed by atoms with Crippen LogP contribution in [0.25, 0.3) is 0 Å². The summed E-state index contributed by atoms with van der Waals surface area (Å²) in [6.07, 6.45) is 1.25. The number of carboxylic acids is 1. The molecule has 1 N–H and O–H groups in total. The molecule has 0 bridgehead atoms. The Morgan fingerprint density at radius 2 is 2.38 bits per heavy atom. The maximum Gasteiger partial charge on any atom is 0.354 e. The van der Waals surface area contributed by atoms with Gasteiger partial charge >= 0.3 is 5.97 Å². The van der Waals surface area contributed by atoms with Gasteiger partial charge in [-0.05, 0) is 12.1 Å². The Morgan fingerprint density at radius 1 is 1.62 bits per heavy atom. The van der Waals surface area contributed by atoms with Crippen molar-refractivity contribution < 1.29 is 19.0 Å². The average Bonchev–Trinajstić information content (AvgIpc) is 2.15. The van der Waals surface area contributed by atoms with Crippen LogP contribution in [0.2, 0.25) is 0 Å². The van der Waals surface area contributed by atoms with E-state index in [0.717, 1.165) is 0 Å². The number of nitrogens with zero attached hydrogens (tertiary/aromatic N) is 1. The summed E-state index contributed by atoms with van der Waals surface area (Å²) in [6.45, 7) is -0.630. The standard InChI is InChI=1S/C8H8FNO3/c9-3-4-13-6-1-2-7(8(11)12)10-5-6/h1-2,5H,3-4H2,(H,11,12). The molecule has 0 amide bonds. The summed E-state index contributed by atoms with van der Waals surface area (Å²) in [4.78, 5) is 13.9. The van der Waals surface area contributed by atoms with E-state index in [1.165, 1.54) is 18.3 Å². The van der Waals surface area contributed by atoms with Gasteiger partial charge in [0.2, 0.25) is 0 Å². The summed E-state index contributed by atoms with van der Waals surface area (Å²) in [5, 5.41) is 8.49. The molecule has 0 radical (unpaired) electrons. The van der Waals surface area contributed by atoms with Crippen LogP contribution in [-0.4, -0.2) is 29.3 Å². The van der Waals surface area contributed by atoms with Crippen LogP contribution in [-0.2, 0) is 0 Å². The Balaban J connectivity index is 2.64. The maximum atomic E-state index is 11.6. The molecule has 0 fully saturated rings. The molecule has 0 saturated carbocycles. The summed E-state index contributed by atoms with van der Waals surface area (Å²) < 4.78 is 16.5. The number of rotatable bonds is 4. The molecule has 0 spiro atoms. The SMILES string of the molecule is O=C(O)c1ccc(OCCF)cn1. The fraction of sp³-hybridized carbons (Fsp3) is 0.250. The van der Waals surface area contributed by atoms with Gasteiger partial charge in [0.1, 0.15) is 24.7 Å². The van der Waals surface area contributed by atoms with Crippen molar-refractivity contribution in [2.75, 3.05) is 13.3 Å². The van der Waals surface area contributed by atoms with Crippen molar-refractivity contribution in [3.8, 4) is 5.75 Å². The molecule has 1 aromatic heterocycles. The van der Waals surface area contributed by atoms with Crippen molar-refractivity contribution in [3.05, 3.63) is 24.0 Å². The van der Waals surface area contributed by atoms with Crippen molar-refractivity contribution in [1.29, 1.82) is 0 Å². The summed E-state index contributed by atoms with van der Waals surface area (Å²) >= 11 is 0. The Morgan fingerprint density at radius 3 is 2.85 bits per heavy atom. The minimum Gasteiger partial charge on any atom is -0.489 e. The largest absolute Gasteiger partial charge is 0.489 e. The van der Waals surface area contributed by atoms with E-state index in [9.17, 15) is 9.18 Å². The second-order valence-corrected chi connectivity index (χ2v) is 2.22. The smallest absolute Gasteiger partial charge is 0.354 e.